The van der Waals surface area contributed by atoms with Gasteiger partial charge in [0.15, 0.2) is 0 Å². The van der Waals surface area contributed by atoms with E-state index in [1.54, 1.807) is 17.0 Å². The molecule has 0 saturated carbocycles. The third-order valence-electron chi connectivity index (χ3n) is 5.69. The SMILES string of the molecule is C.O=C(O)CCC(=O)O.O=C1[C@@H](NS(=O)(=O)/C=C/c2ccc(Cl)s2)CCN1c1ccc2c(c1)CCCNC2. The van der Waals surface area contributed by atoms with E-state index in [9.17, 15) is 22.8 Å². The maximum absolute atomic E-state index is 12.8. The number of fused-ring (bicyclic) bond motifs is 1. The third-order valence-corrected chi connectivity index (χ3v) is 7.99. The molecule has 1 fully saturated rings. The van der Waals surface area contributed by atoms with Crippen molar-refractivity contribution >= 4 is 62.6 Å². The van der Waals surface area contributed by atoms with Gasteiger partial charge in [0, 0.05) is 29.1 Å². The Labute approximate surface area is 231 Å². The minimum absolute atomic E-state index is 0. The van der Waals surface area contributed by atoms with Crippen LogP contribution in [0.5, 0.6) is 0 Å². The molecular weight excluding hydrogens is 554 g/mol. The molecule has 13 heteroatoms. The van der Waals surface area contributed by atoms with E-state index in [2.05, 4.69) is 22.2 Å². The first kappa shape index (κ1) is 31.4. The second kappa shape index (κ2) is 14.4. The molecule has 1 amide bonds. The van der Waals surface area contributed by atoms with E-state index in [4.69, 9.17) is 21.8 Å². The van der Waals surface area contributed by atoms with Crippen LogP contribution in [0.25, 0.3) is 6.08 Å². The van der Waals surface area contributed by atoms with Gasteiger partial charge in [-0.3, -0.25) is 14.4 Å². The van der Waals surface area contributed by atoms with Crippen molar-refractivity contribution in [1.82, 2.24) is 10.0 Å². The van der Waals surface area contributed by atoms with Crippen LogP contribution >= 0.6 is 22.9 Å². The zero-order valence-electron chi connectivity index (χ0n) is 19.9. The Morgan fingerprint density at radius 2 is 1.87 bits per heavy atom. The molecule has 4 N–H and O–H groups in total. The largest absolute Gasteiger partial charge is 0.481 e. The number of aryl methyl sites for hydroxylation is 1. The first-order chi connectivity index (χ1) is 17.5. The normalized spacial score (nSPS) is 17.2. The molecule has 2 aliphatic rings. The zero-order chi connectivity index (χ0) is 27.0. The number of aliphatic carboxylic acids is 2. The summed E-state index contributed by atoms with van der Waals surface area (Å²) in [5.74, 6) is -2.37. The smallest absolute Gasteiger partial charge is 0.303 e. The Kier molecular flexibility index (Phi) is 11.9. The second-order valence-corrected chi connectivity index (χ2v) is 11.8. The lowest BCUT2D eigenvalue weighted by molar-refractivity contribution is -0.143. The number of benzene rings is 1. The third kappa shape index (κ3) is 9.52. The van der Waals surface area contributed by atoms with Gasteiger partial charge in [-0.05, 0) is 67.3 Å². The summed E-state index contributed by atoms with van der Waals surface area (Å²) < 4.78 is 27.9. The summed E-state index contributed by atoms with van der Waals surface area (Å²) in [5, 5.41) is 20.3. The standard InChI is InChI=1S/C20H22ClN3O3S2.C4H6O4.CH4/c21-19-6-5-17(28-19)8-11-29(26,27)23-18-7-10-24(20(18)25)16-4-3-15-13-22-9-1-2-14(15)12-16;5-3(6)1-2-4(7)8;/h3-6,8,11-12,18,22-23H,1-2,7,9-10,13H2;1-2H2,(H,5,6)(H,7,8);1H4/b11-8+;;/t18-;;/m0../s1. The van der Waals surface area contributed by atoms with Crippen molar-refractivity contribution in [3.63, 3.8) is 0 Å². The van der Waals surface area contributed by atoms with E-state index in [0.29, 0.717) is 17.3 Å². The maximum atomic E-state index is 12.8. The lowest BCUT2D eigenvalue weighted by Crippen LogP contribution is -2.40. The summed E-state index contributed by atoms with van der Waals surface area (Å²) in [6.45, 7) is 2.32. The minimum Gasteiger partial charge on any atom is -0.481 e. The van der Waals surface area contributed by atoms with E-state index in [-0.39, 0.29) is 26.2 Å². The van der Waals surface area contributed by atoms with Crippen LogP contribution in [0.1, 0.15) is 49.1 Å². The van der Waals surface area contributed by atoms with Gasteiger partial charge in [-0.1, -0.05) is 25.1 Å². The van der Waals surface area contributed by atoms with E-state index < -0.39 is 28.0 Å². The summed E-state index contributed by atoms with van der Waals surface area (Å²) in [6.07, 6.45) is 3.37. The van der Waals surface area contributed by atoms with Crippen LogP contribution in [-0.4, -0.2) is 55.6 Å². The number of nitrogens with one attached hydrogen (secondary N) is 2. The molecule has 4 rings (SSSR count). The van der Waals surface area contributed by atoms with Crippen LogP contribution in [0, 0.1) is 0 Å². The molecule has 1 aromatic carbocycles. The van der Waals surface area contributed by atoms with Crippen molar-refractivity contribution in [2.45, 2.75) is 52.1 Å². The van der Waals surface area contributed by atoms with Crippen molar-refractivity contribution in [2.24, 2.45) is 0 Å². The van der Waals surface area contributed by atoms with Crippen LogP contribution in [0.2, 0.25) is 4.34 Å². The number of anilines is 1. The Hall–Kier alpha value is -2.77. The molecular formula is C25H32ClN3O7S2. The molecule has 38 heavy (non-hydrogen) atoms. The van der Waals surface area contributed by atoms with E-state index >= 15 is 0 Å². The Balaban J connectivity index is 0.000000493. The highest BCUT2D eigenvalue weighted by atomic mass is 35.5. The second-order valence-electron chi connectivity index (χ2n) is 8.46. The number of carbonyl (C=O) groups is 3. The number of rotatable bonds is 8. The van der Waals surface area contributed by atoms with E-state index in [0.717, 1.165) is 41.9 Å². The van der Waals surface area contributed by atoms with Crippen LogP contribution in [0.4, 0.5) is 5.69 Å². The van der Waals surface area contributed by atoms with E-state index in [1.165, 1.54) is 28.5 Å². The Morgan fingerprint density at radius 1 is 1.16 bits per heavy atom. The van der Waals surface area contributed by atoms with E-state index in [1.807, 2.05) is 6.07 Å². The van der Waals surface area contributed by atoms with Crippen LogP contribution < -0.4 is 14.9 Å². The molecule has 10 nitrogen and oxygen atoms in total. The number of carboxylic acid groups (broad SMARTS) is 2. The van der Waals surface area contributed by atoms with Gasteiger partial charge in [-0.2, -0.15) is 4.72 Å². The number of nitrogens with zero attached hydrogens (tertiary/aromatic N) is 1. The fourth-order valence-electron chi connectivity index (χ4n) is 3.88. The number of halogens is 1. The fraction of sp³-hybridized carbons (Fsp3) is 0.400. The quantitative estimate of drug-likeness (QED) is 0.366. The summed E-state index contributed by atoms with van der Waals surface area (Å²) in [5.41, 5.74) is 3.34. The first-order valence-corrected chi connectivity index (χ1v) is 14.3. The monoisotopic (exact) mass is 585 g/mol. The number of carboxylic acids is 2. The van der Waals surface area contributed by atoms with Crippen molar-refractivity contribution in [2.75, 3.05) is 18.0 Å². The zero-order valence-corrected chi connectivity index (χ0v) is 22.2. The number of carbonyl (C=O) groups excluding carboxylic acids is 1. The highest BCUT2D eigenvalue weighted by molar-refractivity contribution is 7.92. The highest BCUT2D eigenvalue weighted by Gasteiger charge is 2.35. The lowest BCUT2D eigenvalue weighted by Gasteiger charge is -2.19. The molecule has 2 aromatic rings. The molecule has 1 atom stereocenters. The topological polar surface area (TPSA) is 153 Å². The highest BCUT2D eigenvalue weighted by Crippen LogP contribution is 2.27. The van der Waals surface area contributed by atoms with Crippen LogP contribution in [-0.2, 0) is 37.4 Å². The minimum atomic E-state index is -3.73. The van der Waals surface area contributed by atoms with Gasteiger partial charge in [-0.25, -0.2) is 8.42 Å². The first-order valence-electron chi connectivity index (χ1n) is 11.6. The molecule has 0 unspecified atom stereocenters. The fourth-order valence-corrected chi connectivity index (χ4v) is 5.95. The molecule has 1 saturated heterocycles. The maximum Gasteiger partial charge on any atom is 0.303 e. The molecule has 2 aliphatic heterocycles. The number of hydrogen-bond acceptors (Lipinski definition) is 7. The van der Waals surface area contributed by atoms with Crippen molar-refractivity contribution in [3.05, 3.63) is 56.1 Å². The molecule has 0 aliphatic carbocycles. The molecule has 0 bridgehead atoms. The molecule has 0 radical (unpaired) electrons. The Morgan fingerprint density at radius 3 is 2.50 bits per heavy atom. The average Bonchev–Trinajstić information content (AvgIpc) is 3.32. The predicted octanol–water partition coefficient (Wildman–Crippen LogP) is 3.70. The number of thiophene rings is 1. The van der Waals surface area contributed by atoms with Gasteiger partial charge in [0.2, 0.25) is 15.9 Å². The van der Waals surface area contributed by atoms with Gasteiger partial charge >= 0.3 is 11.9 Å². The average molecular weight is 586 g/mol. The summed E-state index contributed by atoms with van der Waals surface area (Å²) in [6, 6.07) is 8.77. The number of amides is 1. The van der Waals surface area contributed by atoms with Gasteiger partial charge in [0.1, 0.15) is 6.04 Å². The molecule has 208 valence electrons. The van der Waals surface area contributed by atoms with Crippen molar-refractivity contribution in [1.29, 1.82) is 0 Å². The van der Waals surface area contributed by atoms with Gasteiger partial charge in [0.25, 0.3) is 0 Å². The number of sulfonamides is 1. The Bertz CT molecular complexity index is 1260. The van der Waals surface area contributed by atoms with Gasteiger partial charge < -0.3 is 20.4 Å². The summed E-state index contributed by atoms with van der Waals surface area (Å²) in [4.78, 5) is 34.5. The molecule has 3 heterocycles. The molecule has 1 aromatic heterocycles. The van der Waals surface area contributed by atoms with Crippen molar-refractivity contribution in [3.8, 4) is 0 Å². The molecule has 0 spiro atoms. The van der Waals surface area contributed by atoms with Crippen LogP contribution in [0.15, 0.2) is 35.7 Å². The summed E-state index contributed by atoms with van der Waals surface area (Å²) in [7, 11) is -3.73. The van der Waals surface area contributed by atoms with Crippen LogP contribution in [0.3, 0.4) is 0 Å². The summed E-state index contributed by atoms with van der Waals surface area (Å²) >= 11 is 7.15. The van der Waals surface area contributed by atoms with Gasteiger partial charge in [0.05, 0.1) is 17.2 Å². The number of hydrogen-bond donors (Lipinski definition) is 4. The predicted molar refractivity (Wildman–Crippen MR) is 149 cm³/mol. The van der Waals surface area contributed by atoms with Crippen molar-refractivity contribution < 1.29 is 33.0 Å². The van der Waals surface area contributed by atoms with Gasteiger partial charge in [-0.15, -0.1) is 11.3 Å². The lowest BCUT2D eigenvalue weighted by atomic mass is 10.0.